The van der Waals surface area contributed by atoms with Crippen LogP contribution in [0, 0.1) is 5.41 Å². The van der Waals surface area contributed by atoms with Gasteiger partial charge in [-0.15, -0.1) is 0 Å². The quantitative estimate of drug-likeness (QED) is 0.839. The van der Waals surface area contributed by atoms with Crippen LogP contribution in [0.3, 0.4) is 0 Å². The predicted octanol–water partition coefficient (Wildman–Crippen LogP) is 1.53. The summed E-state index contributed by atoms with van der Waals surface area (Å²) in [6.45, 7) is 4.50. The van der Waals surface area contributed by atoms with E-state index >= 15 is 0 Å². The molecule has 1 N–H and O–H groups in total. The van der Waals surface area contributed by atoms with Crippen LogP contribution in [0.15, 0.2) is 4.52 Å². The molecule has 1 aromatic heterocycles. The Morgan fingerprint density at radius 3 is 2.76 bits per heavy atom. The van der Waals surface area contributed by atoms with Gasteiger partial charge in [-0.25, -0.2) is 0 Å². The smallest absolute Gasteiger partial charge is 0.229 e. The summed E-state index contributed by atoms with van der Waals surface area (Å²) in [5.41, 5.74) is 0.260. The maximum Gasteiger partial charge on any atom is 0.229 e. The average molecular weight is 348 g/mol. The van der Waals surface area contributed by atoms with Crippen molar-refractivity contribution in [2.45, 2.75) is 57.4 Å². The number of aliphatic hydroxyl groups excluding tert-OH is 1. The van der Waals surface area contributed by atoms with Gasteiger partial charge in [0.25, 0.3) is 0 Å². The fraction of sp³-hybridized carbons (Fsp3) is 0.833. The zero-order valence-corrected chi connectivity index (χ0v) is 14.8. The molecule has 25 heavy (non-hydrogen) atoms. The van der Waals surface area contributed by atoms with Crippen LogP contribution < -0.4 is 0 Å². The zero-order chi connectivity index (χ0) is 17.3. The molecular formula is C18H28N4O3. The van der Waals surface area contributed by atoms with E-state index in [1.807, 2.05) is 4.90 Å². The van der Waals surface area contributed by atoms with Crippen molar-refractivity contribution in [2.24, 2.45) is 5.41 Å². The maximum atomic E-state index is 12.1. The summed E-state index contributed by atoms with van der Waals surface area (Å²) < 4.78 is 5.35. The normalized spacial score (nSPS) is 24.2. The summed E-state index contributed by atoms with van der Waals surface area (Å²) in [4.78, 5) is 21.0. The molecular weight excluding hydrogens is 320 g/mol. The van der Waals surface area contributed by atoms with Gasteiger partial charge in [-0.05, 0) is 57.0 Å². The molecule has 1 aromatic rings. The minimum absolute atomic E-state index is 0.151. The van der Waals surface area contributed by atoms with E-state index < -0.39 is 0 Å². The molecule has 3 aliphatic rings. The molecule has 138 valence electrons. The molecule has 1 aliphatic carbocycles. The Morgan fingerprint density at radius 2 is 2.04 bits per heavy atom. The lowest BCUT2D eigenvalue weighted by Crippen LogP contribution is -2.51. The number of amides is 1. The SMILES string of the molecule is O=C1CCC2(CCN(Cc3noc(C4CC4)n3)CC2)CN1CCCO. The third-order valence-electron chi connectivity index (χ3n) is 6.03. The Kier molecular flexibility index (Phi) is 4.78. The molecule has 1 amide bonds. The summed E-state index contributed by atoms with van der Waals surface area (Å²) in [6, 6.07) is 0. The van der Waals surface area contributed by atoms with Gasteiger partial charge in [0.2, 0.25) is 11.8 Å². The maximum absolute atomic E-state index is 12.1. The summed E-state index contributed by atoms with van der Waals surface area (Å²) in [5, 5.41) is 13.2. The Morgan fingerprint density at radius 1 is 1.24 bits per heavy atom. The van der Waals surface area contributed by atoms with Crippen LogP contribution in [0.4, 0.5) is 0 Å². The first-order chi connectivity index (χ1) is 12.2. The average Bonchev–Trinajstić information content (AvgIpc) is 3.38. The van der Waals surface area contributed by atoms with E-state index in [-0.39, 0.29) is 17.9 Å². The van der Waals surface area contributed by atoms with E-state index in [0.29, 0.717) is 25.3 Å². The van der Waals surface area contributed by atoms with E-state index in [1.54, 1.807) is 0 Å². The van der Waals surface area contributed by atoms with E-state index in [1.165, 1.54) is 12.8 Å². The lowest BCUT2D eigenvalue weighted by molar-refractivity contribution is -0.139. The number of rotatable bonds is 6. The number of nitrogens with zero attached hydrogens (tertiary/aromatic N) is 4. The molecule has 1 saturated carbocycles. The van der Waals surface area contributed by atoms with Gasteiger partial charge in [0.05, 0.1) is 6.54 Å². The Bertz CT molecular complexity index is 605. The van der Waals surface area contributed by atoms with E-state index in [4.69, 9.17) is 9.63 Å². The summed E-state index contributed by atoms with van der Waals surface area (Å²) in [7, 11) is 0. The predicted molar refractivity (Wildman–Crippen MR) is 90.7 cm³/mol. The molecule has 1 spiro atoms. The van der Waals surface area contributed by atoms with Crippen molar-refractivity contribution >= 4 is 5.91 Å². The Balaban J connectivity index is 1.30. The lowest BCUT2D eigenvalue weighted by atomic mass is 9.72. The third-order valence-corrected chi connectivity index (χ3v) is 6.03. The Hall–Kier alpha value is -1.47. The van der Waals surface area contributed by atoms with Crippen LogP contribution in [-0.4, -0.2) is 63.7 Å². The molecule has 0 atom stereocenters. The second-order valence-corrected chi connectivity index (χ2v) is 7.99. The van der Waals surface area contributed by atoms with Crippen LogP contribution in [0.5, 0.6) is 0 Å². The first kappa shape index (κ1) is 17.0. The van der Waals surface area contributed by atoms with Gasteiger partial charge in [0.15, 0.2) is 5.82 Å². The van der Waals surface area contributed by atoms with Crippen LogP contribution in [-0.2, 0) is 11.3 Å². The number of carbonyl (C=O) groups excluding carboxylic acids is 1. The van der Waals surface area contributed by atoms with Crippen molar-refractivity contribution in [3.05, 3.63) is 11.7 Å². The van der Waals surface area contributed by atoms with E-state index in [0.717, 1.165) is 57.2 Å². The zero-order valence-electron chi connectivity index (χ0n) is 14.8. The van der Waals surface area contributed by atoms with Crippen molar-refractivity contribution in [2.75, 3.05) is 32.8 Å². The summed E-state index contributed by atoms with van der Waals surface area (Å²) in [6.07, 6.45) is 6.92. The minimum atomic E-state index is 0.151. The van der Waals surface area contributed by atoms with Gasteiger partial charge < -0.3 is 14.5 Å². The minimum Gasteiger partial charge on any atom is -0.396 e. The molecule has 2 saturated heterocycles. The fourth-order valence-electron chi connectivity index (χ4n) is 4.19. The first-order valence-electron chi connectivity index (χ1n) is 9.61. The molecule has 3 fully saturated rings. The number of likely N-dealkylation sites (tertiary alicyclic amines) is 2. The molecule has 7 nitrogen and oxygen atoms in total. The Labute approximate surface area is 148 Å². The topological polar surface area (TPSA) is 82.7 Å². The van der Waals surface area contributed by atoms with Crippen molar-refractivity contribution in [1.29, 1.82) is 0 Å². The molecule has 4 rings (SSSR count). The molecule has 0 bridgehead atoms. The van der Waals surface area contributed by atoms with Gasteiger partial charge in [-0.2, -0.15) is 4.98 Å². The number of hydrogen-bond donors (Lipinski definition) is 1. The van der Waals surface area contributed by atoms with Crippen LogP contribution in [0.2, 0.25) is 0 Å². The molecule has 0 radical (unpaired) electrons. The fourth-order valence-corrected chi connectivity index (χ4v) is 4.19. The standard InChI is InChI=1S/C18H28N4O3/c23-11-1-8-22-13-18(5-4-16(22)24)6-9-21(10-7-18)12-15-19-17(25-20-15)14-2-3-14/h14,23H,1-13H2. The monoisotopic (exact) mass is 348 g/mol. The second-order valence-electron chi connectivity index (χ2n) is 7.99. The van der Waals surface area contributed by atoms with E-state index in [2.05, 4.69) is 15.0 Å². The second kappa shape index (κ2) is 7.03. The van der Waals surface area contributed by atoms with E-state index in [9.17, 15) is 4.79 Å². The largest absolute Gasteiger partial charge is 0.396 e. The molecule has 0 aromatic carbocycles. The van der Waals surface area contributed by atoms with Crippen LogP contribution >= 0.6 is 0 Å². The first-order valence-corrected chi connectivity index (χ1v) is 9.61. The number of carbonyl (C=O) groups is 1. The van der Waals surface area contributed by atoms with Gasteiger partial charge in [-0.1, -0.05) is 5.16 Å². The van der Waals surface area contributed by atoms with Crippen molar-refractivity contribution in [3.63, 3.8) is 0 Å². The van der Waals surface area contributed by atoms with Crippen molar-refractivity contribution in [3.8, 4) is 0 Å². The highest BCUT2D eigenvalue weighted by Gasteiger charge is 2.41. The highest BCUT2D eigenvalue weighted by Crippen LogP contribution is 2.41. The van der Waals surface area contributed by atoms with Gasteiger partial charge >= 0.3 is 0 Å². The van der Waals surface area contributed by atoms with Crippen LogP contribution in [0.1, 0.15) is 62.6 Å². The summed E-state index contributed by atoms with van der Waals surface area (Å²) >= 11 is 0. The molecule has 3 heterocycles. The summed E-state index contributed by atoms with van der Waals surface area (Å²) in [5.74, 6) is 2.38. The number of aliphatic hydroxyl groups is 1. The number of hydrogen-bond acceptors (Lipinski definition) is 6. The van der Waals surface area contributed by atoms with Gasteiger partial charge in [-0.3, -0.25) is 9.69 Å². The van der Waals surface area contributed by atoms with Gasteiger partial charge in [0, 0.05) is 32.0 Å². The molecule has 0 unspecified atom stereocenters. The number of piperidine rings is 2. The van der Waals surface area contributed by atoms with Crippen molar-refractivity contribution < 1.29 is 14.4 Å². The molecule has 7 heteroatoms. The van der Waals surface area contributed by atoms with Crippen molar-refractivity contribution in [1.82, 2.24) is 19.9 Å². The highest BCUT2D eigenvalue weighted by molar-refractivity contribution is 5.77. The number of aromatic nitrogens is 2. The third kappa shape index (κ3) is 3.87. The lowest BCUT2D eigenvalue weighted by Gasteiger charge is -2.47. The highest BCUT2D eigenvalue weighted by atomic mass is 16.5. The van der Waals surface area contributed by atoms with Crippen LogP contribution in [0.25, 0.3) is 0 Å². The van der Waals surface area contributed by atoms with Gasteiger partial charge in [0.1, 0.15) is 0 Å². The molecule has 2 aliphatic heterocycles.